The van der Waals surface area contributed by atoms with E-state index in [1.807, 2.05) is 0 Å². The van der Waals surface area contributed by atoms with Gasteiger partial charge in [0, 0.05) is 0 Å². The molecule has 0 aliphatic carbocycles. The van der Waals surface area contributed by atoms with E-state index in [-0.39, 0.29) is 5.78 Å². The highest BCUT2D eigenvalue weighted by Crippen LogP contribution is 2.24. The van der Waals surface area contributed by atoms with Gasteiger partial charge in [0.25, 0.3) is 0 Å². The summed E-state index contributed by atoms with van der Waals surface area (Å²) in [6.07, 6.45) is 1.85. The molecule has 0 aromatic heterocycles. The van der Waals surface area contributed by atoms with Gasteiger partial charge in [-0.15, -0.1) is 6.58 Å². The van der Waals surface area contributed by atoms with Gasteiger partial charge in [-0.1, -0.05) is 6.08 Å². The van der Waals surface area contributed by atoms with Crippen LogP contribution in [-0.4, -0.2) is 18.9 Å². The molecule has 3 nitrogen and oxygen atoms in total. The second-order valence-corrected chi connectivity index (χ2v) is 2.87. The Morgan fingerprint density at radius 3 is 2.33 bits per heavy atom. The Morgan fingerprint density at radius 1 is 1.58 bits per heavy atom. The fourth-order valence-corrected chi connectivity index (χ4v) is 0.885. The Morgan fingerprint density at radius 2 is 2.08 bits per heavy atom. The number of hydrogen-bond donors (Lipinski definition) is 0. The van der Waals surface area contributed by atoms with Crippen LogP contribution in [0.15, 0.2) is 12.7 Å². The van der Waals surface area contributed by atoms with Crippen molar-refractivity contribution >= 4 is 11.8 Å². The second kappa shape index (κ2) is 4.04. The van der Waals surface area contributed by atoms with Gasteiger partial charge >= 0.3 is 5.97 Å². The number of ketones is 1. The monoisotopic (exact) mass is 170 g/mol. The van der Waals surface area contributed by atoms with Gasteiger partial charge in [0.15, 0.2) is 0 Å². The third-order valence-corrected chi connectivity index (χ3v) is 1.97. The van der Waals surface area contributed by atoms with Crippen molar-refractivity contribution in [3.63, 3.8) is 0 Å². The number of methoxy groups -OCH3 is 1. The summed E-state index contributed by atoms with van der Waals surface area (Å²) in [6.45, 7) is 6.42. The molecule has 0 amide bonds. The summed E-state index contributed by atoms with van der Waals surface area (Å²) in [7, 11) is 1.27. The van der Waals surface area contributed by atoms with E-state index in [1.54, 1.807) is 13.0 Å². The van der Waals surface area contributed by atoms with Crippen molar-refractivity contribution in [2.75, 3.05) is 7.11 Å². The van der Waals surface area contributed by atoms with Crippen molar-refractivity contribution in [1.82, 2.24) is 0 Å². The Labute approximate surface area is 72.4 Å². The molecule has 0 rings (SSSR count). The van der Waals surface area contributed by atoms with Crippen LogP contribution in [0.3, 0.4) is 0 Å². The van der Waals surface area contributed by atoms with Gasteiger partial charge in [0.2, 0.25) is 0 Å². The zero-order chi connectivity index (χ0) is 9.78. The van der Waals surface area contributed by atoms with Gasteiger partial charge in [-0.25, -0.2) is 0 Å². The number of hydrogen-bond acceptors (Lipinski definition) is 3. The molecule has 0 aromatic rings. The van der Waals surface area contributed by atoms with Crippen LogP contribution in [0.4, 0.5) is 0 Å². The van der Waals surface area contributed by atoms with E-state index in [1.165, 1.54) is 14.0 Å². The lowest BCUT2D eigenvalue weighted by Crippen LogP contribution is -2.35. The molecule has 0 aliphatic rings. The van der Waals surface area contributed by atoms with E-state index < -0.39 is 11.4 Å². The second-order valence-electron chi connectivity index (χ2n) is 2.87. The molecule has 0 bridgehead atoms. The number of ether oxygens (including phenoxy) is 1. The molecule has 12 heavy (non-hydrogen) atoms. The Bertz CT molecular complexity index is 208. The number of esters is 1. The highest BCUT2D eigenvalue weighted by Gasteiger charge is 2.37. The van der Waals surface area contributed by atoms with Gasteiger partial charge < -0.3 is 4.74 Å². The van der Waals surface area contributed by atoms with Gasteiger partial charge in [0.05, 0.1) is 7.11 Å². The molecule has 0 fully saturated rings. The van der Waals surface area contributed by atoms with Crippen LogP contribution in [0, 0.1) is 5.41 Å². The largest absolute Gasteiger partial charge is 0.468 e. The van der Waals surface area contributed by atoms with Crippen molar-refractivity contribution in [2.24, 2.45) is 5.41 Å². The van der Waals surface area contributed by atoms with Crippen molar-refractivity contribution in [3.8, 4) is 0 Å². The first-order valence-corrected chi connectivity index (χ1v) is 3.69. The van der Waals surface area contributed by atoms with Crippen molar-refractivity contribution < 1.29 is 14.3 Å². The highest BCUT2D eigenvalue weighted by molar-refractivity contribution is 6.02. The minimum absolute atomic E-state index is 0.200. The zero-order valence-electron chi connectivity index (χ0n) is 7.72. The Kier molecular flexibility index (Phi) is 3.67. The number of carbonyl (C=O) groups excluding carboxylic acids is 2. The van der Waals surface area contributed by atoms with Gasteiger partial charge in [-0.05, 0) is 20.3 Å². The van der Waals surface area contributed by atoms with Gasteiger partial charge in [-0.3, -0.25) is 9.59 Å². The Balaban J connectivity index is 4.72. The molecule has 0 heterocycles. The van der Waals surface area contributed by atoms with Crippen LogP contribution in [0.1, 0.15) is 20.3 Å². The summed E-state index contributed by atoms with van der Waals surface area (Å²) in [5, 5.41) is 0. The lowest BCUT2D eigenvalue weighted by Gasteiger charge is -2.21. The van der Waals surface area contributed by atoms with E-state index in [9.17, 15) is 9.59 Å². The highest BCUT2D eigenvalue weighted by atomic mass is 16.5. The lowest BCUT2D eigenvalue weighted by molar-refractivity contribution is -0.156. The number of rotatable bonds is 4. The molecule has 68 valence electrons. The first-order chi connectivity index (χ1) is 5.49. The third-order valence-electron chi connectivity index (χ3n) is 1.97. The van der Waals surface area contributed by atoms with Crippen LogP contribution in [0.2, 0.25) is 0 Å². The van der Waals surface area contributed by atoms with Crippen LogP contribution in [0.25, 0.3) is 0 Å². The van der Waals surface area contributed by atoms with Crippen molar-refractivity contribution in [2.45, 2.75) is 20.3 Å². The van der Waals surface area contributed by atoms with Crippen LogP contribution < -0.4 is 0 Å². The summed E-state index contributed by atoms with van der Waals surface area (Å²) in [5.41, 5.74) is -1.06. The minimum atomic E-state index is -1.06. The predicted molar refractivity (Wildman–Crippen MR) is 45.6 cm³/mol. The van der Waals surface area contributed by atoms with E-state index in [2.05, 4.69) is 11.3 Å². The maximum atomic E-state index is 11.2. The maximum absolute atomic E-state index is 11.2. The first kappa shape index (κ1) is 10.9. The predicted octanol–water partition coefficient (Wildman–Crippen LogP) is 1.33. The average Bonchev–Trinajstić information content (AvgIpc) is 2.03. The fraction of sp³-hybridized carbons (Fsp3) is 0.556. The molecule has 0 spiro atoms. The quantitative estimate of drug-likeness (QED) is 0.363. The molecule has 0 aliphatic heterocycles. The fourth-order valence-electron chi connectivity index (χ4n) is 0.885. The number of Topliss-reactive ketones (excluding diaryl/α,β-unsaturated/α-hetero) is 1. The normalized spacial score (nSPS) is 14.6. The molecule has 3 heteroatoms. The summed E-state index contributed by atoms with van der Waals surface area (Å²) in [6, 6.07) is 0. The minimum Gasteiger partial charge on any atom is -0.468 e. The molecular formula is C9H14O3. The molecule has 0 aromatic carbocycles. The topological polar surface area (TPSA) is 43.4 Å². The first-order valence-electron chi connectivity index (χ1n) is 3.69. The molecule has 0 saturated carbocycles. The standard InChI is InChI=1S/C9H14O3/c1-5-6-9(3,7(2)10)8(11)12-4/h5H,1,6H2,2-4H3/t9-/m1/s1. The molecule has 0 radical (unpaired) electrons. The van der Waals surface area contributed by atoms with E-state index in [4.69, 9.17) is 0 Å². The summed E-state index contributed by atoms with van der Waals surface area (Å²) < 4.78 is 4.52. The molecule has 0 N–H and O–H groups in total. The summed E-state index contributed by atoms with van der Waals surface area (Å²) in [4.78, 5) is 22.3. The maximum Gasteiger partial charge on any atom is 0.319 e. The average molecular weight is 170 g/mol. The number of carbonyl (C=O) groups is 2. The summed E-state index contributed by atoms with van der Waals surface area (Å²) >= 11 is 0. The Hall–Kier alpha value is -1.12. The van der Waals surface area contributed by atoms with Crippen LogP contribution >= 0.6 is 0 Å². The molecule has 1 atom stereocenters. The SMILES string of the molecule is C=CC[C@](C)(C(C)=O)C(=O)OC. The van der Waals surface area contributed by atoms with Gasteiger partial charge in [0.1, 0.15) is 11.2 Å². The summed E-state index contributed by atoms with van der Waals surface area (Å²) in [5.74, 6) is -0.704. The lowest BCUT2D eigenvalue weighted by atomic mass is 9.83. The van der Waals surface area contributed by atoms with Gasteiger partial charge in [-0.2, -0.15) is 0 Å². The third kappa shape index (κ3) is 1.94. The number of allylic oxidation sites excluding steroid dienone is 1. The van der Waals surface area contributed by atoms with E-state index in [0.29, 0.717) is 6.42 Å². The van der Waals surface area contributed by atoms with Crippen molar-refractivity contribution in [3.05, 3.63) is 12.7 Å². The molecule has 0 unspecified atom stereocenters. The smallest absolute Gasteiger partial charge is 0.319 e. The van der Waals surface area contributed by atoms with Crippen LogP contribution in [0.5, 0.6) is 0 Å². The zero-order valence-corrected chi connectivity index (χ0v) is 7.72. The molecular weight excluding hydrogens is 156 g/mol. The molecule has 0 saturated heterocycles. The van der Waals surface area contributed by atoms with E-state index >= 15 is 0 Å². The van der Waals surface area contributed by atoms with Crippen molar-refractivity contribution in [1.29, 1.82) is 0 Å². The van der Waals surface area contributed by atoms with Crippen LogP contribution in [-0.2, 0) is 14.3 Å². The van der Waals surface area contributed by atoms with E-state index in [0.717, 1.165) is 0 Å².